The van der Waals surface area contributed by atoms with Crippen molar-refractivity contribution in [2.45, 2.75) is 26.3 Å². The number of amides is 1. The third kappa shape index (κ3) is 4.81. The van der Waals surface area contributed by atoms with Crippen molar-refractivity contribution >= 4 is 5.91 Å². The van der Waals surface area contributed by atoms with Crippen LogP contribution in [0.4, 0.5) is 0 Å². The molecule has 0 bridgehead atoms. The Labute approximate surface area is 176 Å². The highest BCUT2D eigenvalue weighted by Crippen LogP contribution is 2.25. The van der Waals surface area contributed by atoms with Crippen LogP contribution in [-0.4, -0.2) is 20.7 Å². The summed E-state index contributed by atoms with van der Waals surface area (Å²) in [5.74, 6) is 0.0150. The van der Waals surface area contributed by atoms with Crippen LogP contribution in [0.5, 0.6) is 0 Å². The first kappa shape index (κ1) is 19.6. The van der Waals surface area contributed by atoms with E-state index in [-0.39, 0.29) is 5.91 Å². The molecule has 30 heavy (non-hydrogen) atoms. The van der Waals surface area contributed by atoms with Gasteiger partial charge in [0.05, 0.1) is 11.4 Å². The summed E-state index contributed by atoms with van der Waals surface area (Å²) in [5, 5.41) is 7.80. The van der Waals surface area contributed by atoms with E-state index < -0.39 is 0 Å². The van der Waals surface area contributed by atoms with Crippen molar-refractivity contribution in [2.24, 2.45) is 0 Å². The van der Waals surface area contributed by atoms with E-state index >= 15 is 0 Å². The molecule has 1 N–H and O–H groups in total. The topological polar surface area (TPSA) is 59.8 Å². The maximum absolute atomic E-state index is 12.4. The van der Waals surface area contributed by atoms with Gasteiger partial charge in [0.25, 0.3) is 0 Å². The van der Waals surface area contributed by atoms with Gasteiger partial charge < -0.3 is 5.32 Å². The quantitative estimate of drug-likeness (QED) is 0.501. The second-order valence-electron chi connectivity index (χ2n) is 7.29. The number of nitrogens with one attached hydrogen (secondary N) is 1. The Morgan fingerprint density at radius 1 is 1.00 bits per heavy atom. The number of benzene rings is 2. The number of carbonyl (C=O) groups is 1. The molecule has 1 amide bonds. The number of aryl methyl sites for hydroxylation is 2. The molecule has 4 aromatic rings. The minimum Gasteiger partial charge on any atom is -0.352 e. The second kappa shape index (κ2) is 9.18. The Morgan fingerprint density at radius 2 is 1.80 bits per heavy atom. The van der Waals surface area contributed by atoms with Crippen LogP contribution in [0.15, 0.2) is 85.3 Å². The lowest BCUT2D eigenvalue weighted by Gasteiger charge is -2.06. The van der Waals surface area contributed by atoms with Gasteiger partial charge in [0, 0.05) is 37.1 Å². The molecule has 0 radical (unpaired) electrons. The summed E-state index contributed by atoms with van der Waals surface area (Å²) < 4.78 is 1.89. The predicted molar refractivity (Wildman–Crippen MR) is 118 cm³/mol. The van der Waals surface area contributed by atoms with Crippen molar-refractivity contribution in [1.29, 1.82) is 0 Å². The molecule has 5 heteroatoms. The molecule has 2 heterocycles. The van der Waals surface area contributed by atoms with Gasteiger partial charge in [-0.3, -0.25) is 9.78 Å². The average Bonchev–Trinajstić information content (AvgIpc) is 3.22. The zero-order valence-corrected chi connectivity index (χ0v) is 17.0. The van der Waals surface area contributed by atoms with E-state index in [9.17, 15) is 4.79 Å². The number of nitrogens with zero attached hydrogens (tertiary/aromatic N) is 3. The molecule has 0 saturated heterocycles. The first-order valence-corrected chi connectivity index (χ1v) is 10.1. The lowest BCUT2D eigenvalue weighted by atomic mass is 10.0. The maximum atomic E-state index is 12.4. The molecule has 0 atom stereocenters. The zero-order valence-electron chi connectivity index (χ0n) is 17.0. The summed E-state index contributed by atoms with van der Waals surface area (Å²) in [6, 6.07) is 22.2. The normalized spacial score (nSPS) is 10.7. The monoisotopic (exact) mass is 396 g/mol. The van der Waals surface area contributed by atoms with Crippen LogP contribution in [0, 0.1) is 6.92 Å². The van der Waals surface area contributed by atoms with E-state index in [2.05, 4.69) is 41.5 Å². The van der Waals surface area contributed by atoms with E-state index in [4.69, 9.17) is 5.10 Å². The van der Waals surface area contributed by atoms with Gasteiger partial charge in [-0.15, -0.1) is 0 Å². The molecule has 2 aromatic carbocycles. The van der Waals surface area contributed by atoms with Crippen molar-refractivity contribution in [1.82, 2.24) is 20.1 Å². The predicted octanol–water partition coefficient (Wildman–Crippen LogP) is 4.49. The van der Waals surface area contributed by atoms with Gasteiger partial charge in [0.2, 0.25) is 5.91 Å². The summed E-state index contributed by atoms with van der Waals surface area (Å²) in [6.45, 7) is 2.56. The second-order valence-corrected chi connectivity index (χ2v) is 7.29. The highest BCUT2D eigenvalue weighted by Gasteiger charge is 2.14. The first-order chi connectivity index (χ1) is 14.7. The number of carbonyl (C=O) groups excluding carboxylic acids is 1. The minimum absolute atomic E-state index is 0.0150. The molecule has 0 spiro atoms. The number of pyridine rings is 1. The standard InChI is InChI=1S/C25H24N4O/c1-19-9-11-21(12-10-19)25-22(18-29(28-25)23-7-3-2-4-8-23)13-14-24(30)27-17-20-6-5-15-26-16-20/h2-12,15-16,18H,13-14,17H2,1H3,(H,27,30). The van der Waals surface area contributed by atoms with Crippen molar-refractivity contribution in [2.75, 3.05) is 0 Å². The van der Waals surface area contributed by atoms with E-state index in [0.29, 0.717) is 19.4 Å². The Kier molecular flexibility index (Phi) is 5.99. The fourth-order valence-corrected chi connectivity index (χ4v) is 3.30. The molecule has 0 unspecified atom stereocenters. The maximum Gasteiger partial charge on any atom is 0.220 e. The fourth-order valence-electron chi connectivity index (χ4n) is 3.30. The van der Waals surface area contributed by atoms with Gasteiger partial charge in [-0.2, -0.15) is 5.10 Å². The van der Waals surface area contributed by atoms with Gasteiger partial charge in [-0.1, -0.05) is 54.1 Å². The summed E-state index contributed by atoms with van der Waals surface area (Å²) in [5.41, 5.74) is 6.22. The molecule has 5 nitrogen and oxygen atoms in total. The summed E-state index contributed by atoms with van der Waals surface area (Å²) in [7, 11) is 0. The Balaban J connectivity index is 1.51. The summed E-state index contributed by atoms with van der Waals surface area (Å²) in [6.07, 6.45) is 6.54. The summed E-state index contributed by atoms with van der Waals surface area (Å²) in [4.78, 5) is 16.5. The first-order valence-electron chi connectivity index (χ1n) is 10.1. The molecule has 0 saturated carbocycles. The van der Waals surface area contributed by atoms with Crippen LogP contribution in [0.3, 0.4) is 0 Å². The highest BCUT2D eigenvalue weighted by molar-refractivity contribution is 5.76. The Morgan fingerprint density at radius 3 is 2.53 bits per heavy atom. The molecule has 0 aliphatic rings. The van der Waals surface area contributed by atoms with Crippen LogP contribution in [0.1, 0.15) is 23.1 Å². The van der Waals surface area contributed by atoms with Crippen molar-refractivity contribution in [3.05, 3.63) is 102 Å². The van der Waals surface area contributed by atoms with E-state index in [1.54, 1.807) is 12.4 Å². The number of aromatic nitrogens is 3. The van der Waals surface area contributed by atoms with Gasteiger partial charge in [-0.25, -0.2) is 4.68 Å². The van der Waals surface area contributed by atoms with Gasteiger partial charge in [-0.05, 0) is 42.7 Å². The fraction of sp³-hybridized carbons (Fsp3) is 0.160. The molecule has 0 fully saturated rings. The molecule has 0 aliphatic heterocycles. The van der Waals surface area contributed by atoms with Crippen LogP contribution in [0.25, 0.3) is 16.9 Å². The molecule has 0 aliphatic carbocycles. The van der Waals surface area contributed by atoms with Gasteiger partial charge in [0.1, 0.15) is 0 Å². The zero-order chi connectivity index (χ0) is 20.8. The highest BCUT2D eigenvalue weighted by atomic mass is 16.1. The van der Waals surface area contributed by atoms with Crippen LogP contribution in [-0.2, 0) is 17.8 Å². The molecule has 150 valence electrons. The van der Waals surface area contributed by atoms with Crippen LogP contribution in [0.2, 0.25) is 0 Å². The molecule has 2 aromatic heterocycles. The lowest BCUT2D eigenvalue weighted by molar-refractivity contribution is -0.121. The summed E-state index contributed by atoms with van der Waals surface area (Å²) >= 11 is 0. The SMILES string of the molecule is Cc1ccc(-c2nn(-c3ccccc3)cc2CCC(=O)NCc2cccnc2)cc1. The largest absolute Gasteiger partial charge is 0.352 e. The van der Waals surface area contributed by atoms with E-state index in [0.717, 1.165) is 28.1 Å². The van der Waals surface area contributed by atoms with Crippen LogP contribution < -0.4 is 5.32 Å². The van der Waals surface area contributed by atoms with Crippen LogP contribution >= 0.6 is 0 Å². The van der Waals surface area contributed by atoms with Crippen molar-refractivity contribution in [3.63, 3.8) is 0 Å². The average molecular weight is 396 g/mol. The number of para-hydroxylation sites is 1. The van der Waals surface area contributed by atoms with E-state index in [1.165, 1.54) is 5.56 Å². The third-order valence-electron chi connectivity index (χ3n) is 4.97. The third-order valence-corrected chi connectivity index (χ3v) is 4.97. The molecule has 4 rings (SSSR count). The van der Waals surface area contributed by atoms with Gasteiger partial charge >= 0.3 is 0 Å². The smallest absolute Gasteiger partial charge is 0.220 e. The Hall–Kier alpha value is -3.73. The minimum atomic E-state index is 0.0150. The van der Waals surface area contributed by atoms with Crippen molar-refractivity contribution in [3.8, 4) is 16.9 Å². The van der Waals surface area contributed by atoms with E-state index in [1.807, 2.05) is 53.3 Å². The number of rotatable bonds is 7. The lowest BCUT2D eigenvalue weighted by Crippen LogP contribution is -2.23. The van der Waals surface area contributed by atoms with Crippen molar-refractivity contribution < 1.29 is 4.79 Å². The Bertz CT molecular complexity index is 1100. The van der Waals surface area contributed by atoms with Gasteiger partial charge in [0.15, 0.2) is 0 Å². The number of hydrogen-bond donors (Lipinski definition) is 1. The molecular weight excluding hydrogens is 372 g/mol. The number of hydrogen-bond acceptors (Lipinski definition) is 3. The molecular formula is C25H24N4O.